The summed E-state index contributed by atoms with van der Waals surface area (Å²) in [6.07, 6.45) is 2.79. The fraction of sp³-hybridized carbons (Fsp3) is 1.00. The Hall–Kier alpha value is -0.120. The molecule has 1 heterocycles. The Kier molecular flexibility index (Phi) is 5.45. The Morgan fingerprint density at radius 3 is 2.93 bits per heavy atom. The number of piperidine rings is 1. The highest BCUT2D eigenvalue weighted by atomic mass is 15.1. The molecule has 0 aromatic heterocycles. The number of nitrogens with one attached hydrogen (secondary N) is 1. The molecule has 1 unspecified atom stereocenters. The predicted octanol–water partition coefficient (Wildman–Crippen LogP) is 0.479. The topological polar surface area (TPSA) is 18.5 Å². The van der Waals surface area contributed by atoms with Crippen molar-refractivity contribution in [3.63, 3.8) is 0 Å². The fourth-order valence-electron chi connectivity index (χ4n) is 2.26. The molecule has 14 heavy (non-hydrogen) atoms. The molecule has 1 atom stereocenters. The minimum absolute atomic E-state index is 0.885. The van der Waals surface area contributed by atoms with Crippen LogP contribution in [-0.2, 0) is 0 Å². The van der Waals surface area contributed by atoms with Gasteiger partial charge in [0.05, 0.1) is 0 Å². The fourth-order valence-corrected chi connectivity index (χ4v) is 2.26. The number of nitrogens with zero attached hydrogens (tertiary/aromatic N) is 2. The van der Waals surface area contributed by atoms with Gasteiger partial charge in [0.2, 0.25) is 0 Å². The lowest BCUT2D eigenvalue weighted by Gasteiger charge is -2.32. The quantitative estimate of drug-likeness (QED) is 0.695. The van der Waals surface area contributed by atoms with Gasteiger partial charge in [-0.1, -0.05) is 0 Å². The van der Waals surface area contributed by atoms with Gasteiger partial charge in [0.1, 0.15) is 0 Å². The van der Waals surface area contributed by atoms with Gasteiger partial charge >= 0.3 is 0 Å². The second kappa shape index (κ2) is 6.38. The van der Waals surface area contributed by atoms with E-state index in [1.165, 1.54) is 32.5 Å². The molecular weight excluding hydrogens is 174 g/mol. The van der Waals surface area contributed by atoms with Crippen LogP contribution in [0.3, 0.4) is 0 Å². The zero-order valence-corrected chi connectivity index (χ0v) is 9.92. The van der Waals surface area contributed by atoms with Crippen molar-refractivity contribution < 1.29 is 0 Å². The maximum atomic E-state index is 3.19. The molecule has 0 spiro atoms. The zero-order valence-electron chi connectivity index (χ0n) is 9.92. The first-order valence-corrected chi connectivity index (χ1v) is 5.74. The van der Waals surface area contributed by atoms with Crippen LogP contribution in [0.25, 0.3) is 0 Å². The van der Waals surface area contributed by atoms with Gasteiger partial charge in [-0.2, -0.15) is 0 Å². The van der Waals surface area contributed by atoms with Gasteiger partial charge in [-0.15, -0.1) is 0 Å². The average Bonchev–Trinajstić information content (AvgIpc) is 2.15. The van der Waals surface area contributed by atoms with Crippen molar-refractivity contribution in [2.24, 2.45) is 5.92 Å². The Labute approximate surface area is 88.5 Å². The van der Waals surface area contributed by atoms with Crippen molar-refractivity contribution in [3.8, 4) is 0 Å². The smallest absolute Gasteiger partial charge is 0.0104 e. The molecule has 0 bridgehead atoms. The van der Waals surface area contributed by atoms with Crippen LogP contribution in [0, 0.1) is 5.92 Å². The second-order valence-corrected chi connectivity index (χ2v) is 4.64. The van der Waals surface area contributed by atoms with E-state index >= 15 is 0 Å². The van der Waals surface area contributed by atoms with E-state index < -0.39 is 0 Å². The molecule has 0 amide bonds. The van der Waals surface area contributed by atoms with Gasteiger partial charge in [-0.3, -0.25) is 0 Å². The van der Waals surface area contributed by atoms with E-state index in [1.807, 2.05) is 7.05 Å². The van der Waals surface area contributed by atoms with Crippen molar-refractivity contribution in [1.29, 1.82) is 0 Å². The second-order valence-electron chi connectivity index (χ2n) is 4.64. The van der Waals surface area contributed by atoms with Crippen molar-refractivity contribution in [3.05, 3.63) is 0 Å². The number of likely N-dealkylation sites (N-methyl/N-ethyl adjacent to an activating group) is 2. The van der Waals surface area contributed by atoms with Gasteiger partial charge in [0.25, 0.3) is 0 Å². The highest BCUT2D eigenvalue weighted by molar-refractivity contribution is 4.73. The van der Waals surface area contributed by atoms with Gasteiger partial charge in [-0.25, -0.2) is 0 Å². The minimum Gasteiger partial charge on any atom is -0.318 e. The van der Waals surface area contributed by atoms with Crippen molar-refractivity contribution in [2.45, 2.75) is 12.8 Å². The molecule has 1 saturated heterocycles. The molecule has 0 aromatic rings. The molecule has 1 rings (SSSR count). The molecule has 3 heteroatoms. The molecule has 1 fully saturated rings. The van der Waals surface area contributed by atoms with E-state index in [0.717, 1.165) is 19.0 Å². The van der Waals surface area contributed by atoms with E-state index in [9.17, 15) is 0 Å². The van der Waals surface area contributed by atoms with Crippen LogP contribution in [0.2, 0.25) is 0 Å². The summed E-state index contributed by atoms with van der Waals surface area (Å²) in [5.41, 5.74) is 0. The Morgan fingerprint density at radius 1 is 1.50 bits per heavy atom. The number of hydrogen-bond acceptors (Lipinski definition) is 3. The molecule has 0 aliphatic carbocycles. The molecule has 1 aliphatic rings. The summed E-state index contributed by atoms with van der Waals surface area (Å²) in [6, 6.07) is 0. The predicted molar refractivity (Wildman–Crippen MR) is 61.6 cm³/mol. The van der Waals surface area contributed by atoms with E-state index in [4.69, 9.17) is 0 Å². The van der Waals surface area contributed by atoms with Gasteiger partial charge in [0, 0.05) is 26.2 Å². The summed E-state index contributed by atoms with van der Waals surface area (Å²) < 4.78 is 0. The van der Waals surface area contributed by atoms with Crippen LogP contribution < -0.4 is 5.32 Å². The molecule has 0 radical (unpaired) electrons. The average molecular weight is 199 g/mol. The van der Waals surface area contributed by atoms with Crippen LogP contribution >= 0.6 is 0 Å². The van der Waals surface area contributed by atoms with E-state index in [1.54, 1.807) is 0 Å². The van der Waals surface area contributed by atoms with Gasteiger partial charge in [-0.05, 0) is 46.4 Å². The number of hydrogen-bond donors (Lipinski definition) is 1. The summed E-state index contributed by atoms with van der Waals surface area (Å²) >= 11 is 0. The normalized spacial score (nSPS) is 24.4. The maximum absolute atomic E-state index is 3.19. The lowest BCUT2D eigenvalue weighted by Crippen LogP contribution is -2.39. The van der Waals surface area contributed by atoms with Crippen molar-refractivity contribution in [1.82, 2.24) is 15.1 Å². The molecule has 1 N–H and O–H groups in total. The minimum atomic E-state index is 0.885. The Balaban J connectivity index is 2.15. The largest absolute Gasteiger partial charge is 0.318 e. The maximum Gasteiger partial charge on any atom is 0.0104 e. The molecule has 3 nitrogen and oxygen atoms in total. The van der Waals surface area contributed by atoms with Crippen LogP contribution in [0.15, 0.2) is 0 Å². The molecular formula is C11H25N3. The van der Waals surface area contributed by atoms with Crippen LogP contribution in [0.5, 0.6) is 0 Å². The van der Waals surface area contributed by atoms with Gasteiger partial charge < -0.3 is 15.1 Å². The first kappa shape index (κ1) is 12.0. The SMILES string of the molecule is CNCCN(C)CC1CCCN(C)C1. The van der Waals surface area contributed by atoms with Crippen molar-refractivity contribution in [2.75, 3.05) is 53.9 Å². The Bertz CT molecular complexity index is 149. The van der Waals surface area contributed by atoms with Crippen LogP contribution in [0.1, 0.15) is 12.8 Å². The first-order valence-electron chi connectivity index (χ1n) is 5.74. The summed E-state index contributed by atoms with van der Waals surface area (Å²) in [4.78, 5) is 4.90. The summed E-state index contributed by atoms with van der Waals surface area (Å²) in [7, 11) is 6.48. The lowest BCUT2D eigenvalue weighted by molar-refractivity contribution is 0.167. The summed E-state index contributed by atoms with van der Waals surface area (Å²) in [5, 5.41) is 3.19. The highest BCUT2D eigenvalue weighted by Crippen LogP contribution is 2.15. The standard InChI is InChI=1S/C11H25N3/c1-12-6-8-14(3)10-11-5-4-7-13(2)9-11/h11-12H,4-10H2,1-3H3. The van der Waals surface area contributed by atoms with Crippen LogP contribution in [-0.4, -0.2) is 63.7 Å². The Morgan fingerprint density at radius 2 is 2.29 bits per heavy atom. The third kappa shape index (κ3) is 4.40. The van der Waals surface area contributed by atoms with Crippen LogP contribution in [0.4, 0.5) is 0 Å². The zero-order chi connectivity index (χ0) is 10.4. The molecule has 0 saturated carbocycles. The third-order valence-electron chi connectivity index (χ3n) is 3.04. The molecule has 84 valence electrons. The number of rotatable bonds is 5. The molecule has 0 aromatic carbocycles. The number of likely N-dealkylation sites (tertiary alicyclic amines) is 1. The third-order valence-corrected chi connectivity index (χ3v) is 3.04. The van der Waals surface area contributed by atoms with Crippen molar-refractivity contribution >= 4 is 0 Å². The highest BCUT2D eigenvalue weighted by Gasteiger charge is 2.18. The summed E-state index contributed by atoms with van der Waals surface area (Å²) in [5.74, 6) is 0.885. The first-order chi connectivity index (χ1) is 6.72. The monoisotopic (exact) mass is 199 g/mol. The summed E-state index contributed by atoms with van der Waals surface area (Å²) in [6.45, 7) is 6.09. The van der Waals surface area contributed by atoms with E-state index in [-0.39, 0.29) is 0 Å². The van der Waals surface area contributed by atoms with E-state index in [0.29, 0.717) is 0 Å². The molecule has 1 aliphatic heterocycles. The lowest BCUT2D eigenvalue weighted by atomic mass is 9.98. The van der Waals surface area contributed by atoms with E-state index in [2.05, 4.69) is 29.2 Å². The van der Waals surface area contributed by atoms with Gasteiger partial charge in [0.15, 0.2) is 0 Å².